The molecule has 2 heteroatoms. The topological polar surface area (TPSA) is 9.23 Å². The summed E-state index contributed by atoms with van der Waals surface area (Å²) in [7, 11) is -0.140. The van der Waals surface area contributed by atoms with Crippen molar-refractivity contribution in [3.8, 4) is 0 Å². The van der Waals surface area contributed by atoms with E-state index in [4.69, 9.17) is 4.52 Å². The van der Waals surface area contributed by atoms with Crippen LogP contribution in [0.1, 0.15) is 34.6 Å². The molecule has 0 aliphatic carbocycles. The van der Waals surface area contributed by atoms with Crippen LogP contribution in [0.15, 0.2) is 0 Å². The molecule has 0 amide bonds. The maximum Gasteiger partial charge on any atom is 0.0480 e. The minimum Gasteiger partial charge on any atom is -0.359 e. The predicted octanol–water partition coefficient (Wildman–Crippen LogP) is 3.73. The van der Waals surface area contributed by atoms with E-state index >= 15 is 0 Å². The lowest BCUT2D eigenvalue weighted by Gasteiger charge is -2.20. The van der Waals surface area contributed by atoms with Gasteiger partial charge in [0.15, 0.2) is 0 Å². The molecule has 0 aromatic rings. The van der Waals surface area contributed by atoms with Crippen molar-refractivity contribution in [2.45, 2.75) is 34.6 Å². The van der Waals surface area contributed by atoms with Crippen molar-refractivity contribution in [1.82, 2.24) is 0 Å². The third kappa shape index (κ3) is 7.06. The Hall–Kier alpha value is 0.390. The zero-order valence-electron chi connectivity index (χ0n) is 9.13. The van der Waals surface area contributed by atoms with Gasteiger partial charge < -0.3 is 4.52 Å². The van der Waals surface area contributed by atoms with Gasteiger partial charge in [-0.05, 0) is 31.1 Å². The molecular weight excluding hydrogens is 167 g/mol. The van der Waals surface area contributed by atoms with E-state index in [1.807, 2.05) is 0 Å². The molecule has 0 aromatic heterocycles. The summed E-state index contributed by atoms with van der Waals surface area (Å²) < 4.78 is 5.73. The first-order chi connectivity index (χ1) is 5.56. The molecule has 0 unspecified atom stereocenters. The Bertz CT molecular complexity index is 92.0. The average molecular weight is 190 g/mol. The summed E-state index contributed by atoms with van der Waals surface area (Å²) >= 11 is 0. The van der Waals surface area contributed by atoms with Crippen molar-refractivity contribution < 1.29 is 4.52 Å². The monoisotopic (exact) mass is 190 g/mol. The van der Waals surface area contributed by atoms with Crippen molar-refractivity contribution in [2.24, 2.45) is 11.8 Å². The second kappa shape index (κ2) is 6.86. The fraction of sp³-hybridized carbons (Fsp3) is 1.00. The van der Waals surface area contributed by atoms with E-state index in [9.17, 15) is 0 Å². The molecule has 0 radical (unpaired) electrons. The lowest BCUT2D eigenvalue weighted by atomic mass is 10.3. The van der Waals surface area contributed by atoms with Crippen LogP contribution in [0.5, 0.6) is 0 Å². The first-order valence-electron chi connectivity index (χ1n) is 4.94. The van der Waals surface area contributed by atoms with Gasteiger partial charge in [0.05, 0.1) is 0 Å². The van der Waals surface area contributed by atoms with Crippen LogP contribution >= 0.6 is 8.15 Å². The summed E-state index contributed by atoms with van der Waals surface area (Å²) in [5.74, 6) is 1.56. The van der Waals surface area contributed by atoms with Crippen molar-refractivity contribution in [1.29, 1.82) is 0 Å². The van der Waals surface area contributed by atoms with Crippen molar-refractivity contribution in [3.05, 3.63) is 0 Å². The predicted molar refractivity (Wildman–Crippen MR) is 58.0 cm³/mol. The SMILES string of the molecule is CCOP(CC(C)C)CC(C)C. The standard InChI is InChI=1S/C10H23OP/c1-6-11-12(7-9(2)3)8-10(4)5/h9-10H,6-8H2,1-5H3. The van der Waals surface area contributed by atoms with E-state index in [-0.39, 0.29) is 8.15 Å². The van der Waals surface area contributed by atoms with Crippen LogP contribution in [0.2, 0.25) is 0 Å². The lowest BCUT2D eigenvalue weighted by Crippen LogP contribution is -2.04. The molecule has 74 valence electrons. The fourth-order valence-electron chi connectivity index (χ4n) is 1.18. The molecule has 12 heavy (non-hydrogen) atoms. The maximum absolute atomic E-state index is 5.73. The Morgan fingerprint density at radius 1 is 1.00 bits per heavy atom. The molecule has 0 atom stereocenters. The average Bonchev–Trinajstić information content (AvgIpc) is 1.84. The van der Waals surface area contributed by atoms with E-state index in [2.05, 4.69) is 34.6 Å². The van der Waals surface area contributed by atoms with Crippen molar-refractivity contribution in [3.63, 3.8) is 0 Å². The van der Waals surface area contributed by atoms with Gasteiger partial charge in [0.25, 0.3) is 0 Å². The summed E-state index contributed by atoms with van der Waals surface area (Å²) in [5, 5.41) is 0. The van der Waals surface area contributed by atoms with Crippen molar-refractivity contribution in [2.75, 3.05) is 18.9 Å². The minimum absolute atomic E-state index is 0.140. The molecule has 0 spiro atoms. The third-order valence-corrected chi connectivity index (χ3v) is 4.35. The molecule has 0 aromatic carbocycles. The van der Waals surface area contributed by atoms with E-state index < -0.39 is 0 Å². The Labute approximate surface area is 78.7 Å². The molecule has 0 rings (SSSR count). The van der Waals surface area contributed by atoms with E-state index in [0.29, 0.717) is 0 Å². The summed E-state index contributed by atoms with van der Waals surface area (Å²) in [4.78, 5) is 0. The highest BCUT2D eigenvalue weighted by Crippen LogP contribution is 2.40. The third-order valence-electron chi connectivity index (χ3n) is 1.45. The Morgan fingerprint density at radius 2 is 1.42 bits per heavy atom. The molecule has 0 saturated heterocycles. The zero-order valence-corrected chi connectivity index (χ0v) is 10.0. The van der Waals surface area contributed by atoms with Gasteiger partial charge in [-0.3, -0.25) is 0 Å². The van der Waals surface area contributed by atoms with E-state index in [0.717, 1.165) is 18.4 Å². The molecule has 0 fully saturated rings. The van der Waals surface area contributed by atoms with Gasteiger partial charge in [0.2, 0.25) is 0 Å². The van der Waals surface area contributed by atoms with Crippen molar-refractivity contribution >= 4 is 8.15 Å². The van der Waals surface area contributed by atoms with Crippen LogP contribution in [0.3, 0.4) is 0 Å². The Kier molecular flexibility index (Phi) is 7.08. The van der Waals surface area contributed by atoms with Crippen LogP contribution < -0.4 is 0 Å². The highest BCUT2D eigenvalue weighted by Gasteiger charge is 2.12. The van der Waals surface area contributed by atoms with Gasteiger partial charge in [0.1, 0.15) is 0 Å². The highest BCUT2D eigenvalue weighted by molar-refractivity contribution is 7.52. The van der Waals surface area contributed by atoms with Gasteiger partial charge in [0, 0.05) is 14.8 Å². The summed E-state index contributed by atoms with van der Waals surface area (Å²) in [6.07, 6.45) is 2.53. The Balaban J connectivity index is 3.69. The smallest absolute Gasteiger partial charge is 0.0480 e. The molecule has 0 heterocycles. The quantitative estimate of drug-likeness (QED) is 0.580. The first kappa shape index (κ1) is 12.4. The second-order valence-corrected chi connectivity index (χ2v) is 6.00. The molecule has 0 saturated carbocycles. The van der Waals surface area contributed by atoms with Gasteiger partial charge >= 0.3 is 0 Å². The van der Waals surface area contributed by atoms with E-state index in [1.54, 1.807) is 0 Å². The zero-order chi connectivity index (χ0) is 9.56. The van der Waals surface area contributed by atoms with Gasteiger partial charge in [-0.1, -0.05) is 27.7 Å². The van der Waals surface area contributed by atoms with Gasteiger partial charge in [-0.25, -0.2) is 0 Å². The van der Waals surface area contributed by atoms with Crippen LogP contribution in [-0.2, 0) is 4.52 Å². The normalized spacial score (nSPS) is 12.0. The number of rotatable bonds is 6. The molecular formula is C10H23OP. The maximum atomic E-state index is 5.73. The second-order valence-electron chi connectivity index (χ2n) is 4.05. The number of hydrogen-bond acceptors (Lipinski definition) is 1. The largest absolute Gasteiger partial charge is 0.359 e. The summed E-state index contributed by atoms with van der Waals surface area (Å²) in [5.41, 5.74) is 0. The van der Waals surface area contributed by atoms with E-state index in [1.165, 1.54) is 12.3 Å². The van der Waals surface area contributed by atoms with Crippen LogP contribution in [0.4, 0.5) is 0 Å². The van der Waals surface area contributed by atoms with Gasteiger partial charge in [-0.2, -0.15) is 0 Å². The molecule has 0 N–H and O–H groups in total. The van der Waals surface area contributed by atoms with Crippen LogP contribution in [0, 0.1) is 11.8 Å². The minimum atomic E-state index is -0.140. The molecule has 0 bridgehead atoms. The summed E-state index contributed by atoms with van der Waals surface area (Å²) in [6, 6.07) is 0. The van der Waals surface area contributed by atoms with Gasteiger partial charge in [-0.15, -0.1) is 0 Å². The molecule has 1 nitrogen and oxygen atoms in total. The Morgan fingerprint density at radius 3 is 1.67 bits per heavy atom. The molecule has 0 aliphatic rings. The lowest BCUT2D eigenvalue weighted by molar-refractivity contribution is 0.371. The molecule has 0 aliphatic heterocycles. The fourth-order valence-corrected chi connectivity index (χ4v) is 3.53. The van der Waals surface area contributed by atoms with Crippen LogP contribution in [-0.4, -0.2) is 18.9 Å². The highest BCUT2D eigenvalue weighted by atomic mass is 31.1. The van der Waals surface area contributed by atoms with Crippen LogP contribution in [0.25, 0.3) is 0 Å². The summed E-state index contributed by atoms with van der Waals surface area (Å²) in [6.45, 7) is 12.1. The first-order valence-corrected chi connectivity index (χ1v) is 6.57. The number of hydrogen-bond donors (Lipinski definition) is 0.